The van der Waals surface area contributed by atoms with Gasteiger partial charge in [-0.15, -0.1) is 0 Å². The number of hydrogen-bond donors (Lipinski definition) is 3. The van der Waals surface area contributed by atoms with Crippen LogP contribution in [0, 0.1) is 10.1 Å². The Morgan fingerprint density at radius 3 is 2.78 bits per heavy atom. The third-order valence-corrected chi connectivity index (χ3v) is 4.08. The molecule has 0 unspecified atom stereocenters. The molecule has 0 fully saturated rings. The Bertz CT molecular complexity index is 1130. The van der Waals surface area contributed by atoms with Gasteiger partial charge in [0.2, 0.25) is 5.82 Å². The van der Waals surface area contributed by atoms with Gasteiger partial charge < -0.3 is 10.6 Å². The molecule has 27 heavy (non-hydrogen) atoms. The lowest BCUT2D eigenvalue weighted by Gasteiger charge is -2.12. The third kappa shape index (κ3) is 3.13. The molecule has 1 aromatic carbocycles. The van der Waals surface area contributed by atoms with Crippen LogP contribution in [0.15, 0.2) is 54.9 Å². The van der Waals surface area contributed by atoms with Crippen LogP contribution in [0.25, 0.3) is 22.3 Å². The maximum Gasteiger partial charge on any atom is 0.334 e. The fourth-order valence-corrected chi connectivity index (χ4v) is 2.80. The molecule has 0 bridgehead atoms. The van der Waals surface area contributed by atoms with Gasteiger partial charge in [-0.25, -0.2) is 4.98 Å². The Morgan fingerprint density at radius 2 is 2.04 bits per heavy atom. The molecule has 0 saturated carbocycles. The van der Waals surface area contributed by atoms with Crippen LogP contribution >= 0.6 is 0 Å². The smallest absolute Gasteiger partial charge is 0.334 e. The molecule has 0 spiro atoms. The van der Waals surface area contributed by atoms with Crippen molar-refractivity contribution in [2.75, 3.05) is 17.7 Å². The summed E-state index contributed by atoms with van der Waals surface area (Å²) in [5.41, 5.74) is 2.83. The third-order valence-electron chi connectivity index (χ3n) is 4.08. The van der Waals surface area contributed by atoms with Gasteiger partial charge in [0.1, 0.15) is 5.69 Å². The van der Waals surface area contributed by atoms with Crippen molar-refractivity contribution < 1.29 is 4.92 Å². The van der Waals surface area contributed by atoms with E-state index in [1.165, 1.54) is 0 Å². The summed E-state index contributed by atoms with van der Waals surface area (Å²) in [6, 6.07) is 12.6. The van der Waals surface area contributed by atoms with Gasteiger partial charge in [0.25, 0.3) is 0 Å². The number of aromatic amines is 1. The van der Waals surface area contributed by atoms with E-state index >= 15 is 0 Å². The van der Waals surface area contributed by atoms with E-state index in [1.54, 1.807) is 37.6 Å². The van der Waals surface area contributed by atoms with Gasteiger partial charge in [-0.1, -0.05) is 6.07 Å². The van der Waals surface area contributed by atoms with E-state index in [9.17, 15) is 10.1 Å². The Labute approximate surface area is 153 Å². The normalized spacial score (nSPS) is 10.7. The van der Waals surface area contributed by atoms with E-state index in [0.29, 0.717) is 22.8 Å². The van der Waals surface area contributed by atoms with Gasteiger partial charge in [-0.05, 0) is 36.4 Å². The number of pyridine rings is 2. The van der Waals surface area contributed by atoms with Crippen molar-refractivity contribution in [1.29, 1.82) is 0 Å². The fraction of sp³-hybridized carbons (Fsp3) is 0.0556. The van der Waals surface area contributed by atoms with E-state index in [1.807, 2.05) is 24.3 Å². The molecule has 4 aromatic rings. The number of H-pyrrole nitrogens is 1. The summed E-state index contributed by atoms with van der Waals surface area (Å²) in [5, 5.41) is 25.4. The van der Waals surface area contributed by atoms with Crippen molar-refractivity contribution in [3.63, 3.8) is 0 Å². The average Bonchev–Trinajstić information content (AvgIpc) is 3.15. The number of rotatable bonds is 5. The molecular formula is C18H15N7O2. The first kappa shape index (κ1) is 16.5. The summed E-state index contributed by atoms with van der Waals surface area (Å²) in [4.78, 5) is 19.9. The summed E-state index contributed by atoms with van der Waals surface area (Å²) in [7, 11) is 1.63. The second-order valence-electron chi connectivity index (χ2n) is 5.77. The number of benzene rings is 1. The van der Waals surface area contributed by atoms with Crippen molar-refractivity contribution in [2.24, 2.45) is 0 Å². The maximum atomic E-state index is 11.7. The largest absolute Gasteiger partial charge is 0.382 e. The van der Waals surface area contributed by atoms with E-state index in [2.05, 4.69) is 30.8 Å². The molecular weight excluding hydrogens is 346 g/mol. The molecule has 3 heterocycles. The van der Waals surface area contributed by atoms with Gasteiger partial charge in [0.15, 0.2) is 0 Å². The lowest BCUT2D eigenvalue weighted by molar-refractivity contribution is -0.383. The summed E-state index contributed by atoms with van der Waals surface area (Å²) in [5.74, 6) is 0.131. The first-order chi connectivity index (χ1) is 13.2. The lowest BCUT2D eigenvalue weighted by Crippen LogP contribution is -2.05. The second kappa shape index (κ2) is 6.71. The van der Waals surface area contributed by atoms with Crippen LogP contribution in [0.3, 0.4) is 0 Å². The van der Waals surface area contributed by atoms with Crippen LogP contribution in [0.4, 0.5) is 22.9 Å². The minimum absolute atomic E-state index is 0.131. The summed E-state index contributed by atoms with van der Waals surface area (Å²) in [6.45, 7) is 0. The zero-order valence-corrected chi connectivity index (χ0v) is 14.3. The minimum Gasteiger partial charge on any atom is -0.382 e. The number of aromatic nitrogens is 4. The molecule has 9 nitrogen and oxygen atoms in total. The molecule has 0 saturated heterocycles. The van der Waals surface area contributed by atoms with Crippen LogP contribution in [-0.2, 0) is 0 Å². The van der Waals surface area contributed by atoms with Gasteiger partial charge in [-0.2, -0.15) is 5.10 Å². The molecule has 134 valence electrons. The maximum absolute atomic E-state index is 11.7. The first-order valence-electron chi connectivity index (χ1n) is 8.14. The van der Waals surface area contributed by atoms with E-state index in [0.717, 1.165) is 10.9 Å². The molecule has 0 amide bonds. The van der Waals surface area contributed by atoms with Gasteiger partial charge in [-0.3, -0.25) is 20.2 Å². The van der Waals surface area contributed by atoms with E-state index in [4.69, 9.17) is 0 Å². The standard InChI is InChI=1S/C18H15N7O2/c1-19-16-9-15(13-4-2-3-7-20-13)23-18(17(16)25(26)27)22-12-6-5-11-10-21-24-14(11)8-12/h2-10H,1H3,(H,21,24)(H2,19,22,23). The van der Waals surface area contributed by atoms with Gasteiger partial charge >= 0.3 is 5.69 Å². The Kier molecular flexibility index (Phi) is 4.09. The number of hydrogen-bond acceptors (Lipinski definition) is 7. The highest BCUT2D eigenvalue weighted by molar-refractivity contribution is 5.85. The zero-order valence-electron chi connectivity index (χ0n) is 14.3. The monoisotopic (exact) mass is 361 g/mol. The highest BCUT2D eigenvalue weighted by atomic mass is 16.6. The topological polar surface area (TPSA) is 122 Å². The lowest BCUT2D eigenvalue weighted by atomic mass is 10.2. The summed E-state index contributed by atoms with van der Waals surface area (Å²) in [6.07, 6.45) is 3.36. The van der Waals surface area contributed by atoms with Crippen molar-refractivity contribution in [3.8, 4) is 11.4 Å². The molecule has 0 radical (unpaired) electrons. The highest BCUT2D eigenvalue weighted by Gasteiger charge is 2.23. The molecule has 3 N–H and O–H groups in total. The number of fused-ring (bicyclic) bond motifs is 1. The Morgan fingerprint density at radius 1 is 1.15 bits per heavy atom. The predicted molar refractivity (Wildman–Crippen MR) is 103 cm³/mol. The van der Waals surface area contributed by atoms with Crippen LogP contribution in [0.5, 0.6) is 0 Å². The molecule has 0 aliphatic carbocycles. The zero-order chi connectivity index (χ0) is 18.8. The number of nitrogens with zero attached hydrogens (tertiary/aromatic N) is 4. The number of nitrogens with one attached hydrogen (secondary N) is 3. The predicted octanol–water partition coefficient (Wildman–Crippen LogP) is 3.71. The van der Waals surface area contributed by atoms with Crippen molar-refractivity contribution in [1.82, 2.24) is 20.2 Å². The van der Waals surface area contributed by atoms with Crippen LogP contribution in [-0.4, -0.2) is 32.1 Å². The van der Waals surface area contributed by atoms with Crippen LogP contribution < -0.4 is 10.6 Å². The Balaban J connectivity index is 1.84. The van der Waals surface area contributed by atoms with Crippen molar-refractivity contribution >= 4 is 33.8 Å². The number of nitro groups is 1. The SMILES string of the molecule is CNc1cc(-c2ccccn2)nc(Nc2ccc3cn[nH]c3c2)c1[N+](=O)[O-]. The molecule has 0 aliphatic rings. The fourth-order valence-electron chi connectivity index (χ4n) is 2.80. The Hall–Kier alpha value is -4.01. The molecule has 3 aromatic heterocycles. The quantitative estimate of drug-likeness (QED) is 0.366. The van der Waals surface area contributed by atoms with Crippen LogP contribution in [0.1, 0.15) is 0 Å². The number of anilines is 3. The van der Waals surface area contributed by atoms with E-state index in [-0.39, 0.29) is 11.5 Å². The van der Waals surface area contributed by atoms with Gasteiger partial charge in [0.05, 0.1) is 28.0 Å². The summed E-state index contributed by atoms with van der Waals surface area (Å²) >= 11 is 0. The van der Waals surface area contributed by atoms with Crippen molar-refractivity contribution in [2.45, 2.75) is 0 Å². The van der Waals surface area contributed by atoms with E-state index < -0.39 is 4.92 Å². The molecule has 4 rings (SSSR count). The highest BCUT2D eigenvalue weighted by Crippen LogP contribution is 2.36. The molecule has 0 atom stereocenters. The average molecular weight is 361 g/mol. The second-order valence-corrected chi connectivity index (χ2v) is 5.77. The van der Waals surface area contributed by atoms with Gasteiger partial charge in [0, 0.05) is 24.3 Å². The first-order valence-corrected chi connectivity index (χ1v) is 8.14. The van der Waals surface area contributed by atoms with Crippen LogP contribution in [0.2, 0.25) is 0 Å². The molecule has 9 heteroatoms. The summed E-state index contributed by atoms with van der Waals surface area (Å²) < 4.78 is 0. The van der Waals surface area contributed by atoms with Crippen molar-refractivity contribution in [3.05, 3.63) is 65.0 Å². The molecule has 0 aliphatic heterocycles. The minimum atomic E-state index is -0.460.